The van der Waals surface area contributed by atoms with E-state index in [-0.39, 0.29) is 36.6 Å². The minimum Gasteiger partial charge on any atom is -0.481 e. The van der Waals surface area contributed by atoms with Gasteiger partial charge in [-0.1, -0.05) is 26.7 Å². The van der Waals surface area contributed by atoms with Crippen LogP contribution in [0.15, 0.2) is 4.99 Å². The lowest BCUT2D eigenvalue weighted by Gasteiger charge is -2.36. The van der Waals surface area contributed by atoms with Crippen molar-refractivity contribution < 1.29 is 24.2 Å². The molecule has 0 aromatic rings. The zero-order valence-electron chi connectivity index (χ0n) is 16.2. The van der Waals surface area contributed by atoms with Gasteiger partial charge in [-0.05, 0) is 12.3 Å². The lowest BCUT2D eigenvalue weighted by atomic mass is 9.80. The van der Waals surface area contributed by atoms with Crippen molar-refractivity contribution in [3.8, 4) is 0 Å². The molecule has 0 unspecified atom stereocenters. The van der Waals surface area contributed by atoms with Crippen LogP contribution in [0.2, 0.25) is 0 Å². The van der Waals surface area contributed by atoms with Gasteiger partial charge in [-0.15, -0.1) is 12.4 Å². The van der Waals surface area contributed by atoms with Crippen LogP contribution in [0.3, 0.4) is 0 Å². The Labute approximate surface area is 165 Å². The number of hydrogen-bond donors (Lipinski definition) is 4. The van der Waals surface area contributed by atoms with Crippen LogP contribution >= 0.6 is 12.4 Å². The first-order chi connectivity index (χ1) is 12.1. The van der Waals surface area contributed by atoms with E-state index in [9.17, 15) is 19.5 Å². The average molecular weight is 407 g/mol. The number of hydrogen-bond acceptors (Lipinski definition) is 5. The Balaban J connectivity index is 0.00000676. The molecule has 0 saturated heterocycles. The van der Waals surface area contributed by atoms with Crippen molar-refractivity contribution in [2.75, 3.05) is 0 Å². The SMILES string of the molecule is CCC(CC)[C@H](NC(C)=O)[C@@H]1[C@H](OC(C)=O)[C@@H](C(=O)O)C[C@H]1N=C(N)N.Cl. The maximum absolute atomic E-state index is 11.8. The van der Waals surface area contributed by atoms with E-state index in [4.69, 9.17) is 16.2 Å². The molecule has 27 heavy (non-hydrogen) atoms. The first kappa shape index (κ1) is 25.0. The molecule has 0 spiro atoms. The molecule has 0 bridgehead atoms. The first-order valence-electron chi connectivity index (χ1n) is 8.88. The molecule has 1 fully saturated rings. The Hall–Kier alpha value is -2.03. The highest BCUT2D eigenvalue weighted by Crippen LogP contribution is 2.41. The van der Waals surface area contributed by atoms with E-state index in [0.717, 1.165) is 12.8 Å². The summed E-state index contributed by atoms with van der Waals surface area (Å²) in [5.41, 5.74) is 11.1. The van der Waals surface area contributed by atoms with E-state index in [1.807, 2.05) is 13.8 Å². The number of halogens is 1. The highest BCUT2D eigenvalue weighted by molar-refractivity contribution is 5.85. The number of carbonyl (C=O) groups excluding carboxylic acids is 2. The fourth-order valence-electron chi connectivity index (χ4n) is 3.97. The molecular formula is C17H31ClN4O5. The lowest BCUT2D eigenvalue weighted by Crippen LogP contribution is -2.51. The van der Waals surface area contributed by atoms with Gasteiger partial charge in [0.1, 0.15) is 6.10 Å². The van der Waals surface area contributed by atoms with Crippen LogP contribution in [0.5, 0.6) is 0 Å². The van der Waals surface area contributed by atoms with Gasteiger partial charge in [0.2, 0.25) is 5.91 Å². The molecule has 6 N–H and O–H groups in total. The van der Waals surface area contributed by atoms with Gasteiger partial charge in [-0.25, -0.2) is 4.99 Å². The van der Waals surface area contributed by atoms with Crippen LogP contribution in [0.25, 0.3) is 0 Å². The summed E-state index contributed by atoms with van der Waals surface area (Å²) >= 11 is 0. The highest BCUT2D eigenvalue weighted by Gasteiger charge is 2.53. The molecule has 0 heterocycles. The third-order valence-corrected chi connectivity index (χ3v) is 4.99. The molecular weight excluding hydrogens is 376 g/mol. The summed E-state index contributed by atoms with van der Waals surface area (Å²) in [6, 6.07) is -0.979. The number of carboxylic acids is 1. The minimum absolute atomic E-state index is 0. The Morgan fingerprint density at radius 2 is 1.78 bits per heavy atom. The number of nitrogens with one attached hydrogen (secondary N) is 1. The third kappa shape index (κ3) is 6.57. The number of amides is 1. The quantitative estimate of drug-likeness (QED) is 0.261. The summed E-state index contributed by atoms with van der Waals surface area (Å²) in [7, 11) is 0. The number of aliphatic imine (C=N–C) groups is 1. The van der Waals surface area contributed by atoms with Crippen molar-refractivity contribution in [2.24, 2.45) is 34.2 Å². The van der Waals surface area contributed by atoms with Gasteiger partial charge in [0, 0.05) is 25.8 Å². The monoisotopic (exact) mass is 406 g/mol. The Kier molecular flexibility index (Phi) is 10.1. The molecule has 0 aromatic carbocycles. The van der Waals surface area contributed by atoms with Crippen molar-refractivity contribution >= 4 is 36.2 Å². The number of aliphatic carboxylic acids is 1. The Bertz CT molecular complexity index is 564. The zero-order chi connectivity index (χ0) is 20.0. The van der Waals surface area contributed by atoms with Crippen LogP contribution in [0.1, 0.15) is 47.0 Å². The minimum atomic E-state index is -1.08. The van der Waals surface area contributed by atoms with Crippen molar-refractivity contribution in [1.29, 1.82) is 0 Å². The first-order valence-corrected chi connectivity index (χ1v) is 8.88. The molecule has 1 saturated carbocycles. The van der Waals surface area contributed by atoms with E-state index in [0.29, 0.717) is 0 Å². The standard InChI is InChI=1S/C17H30N4O5.ClH/c1-5-10(6-2)14(20-8(3)22)13-12(21-17(18)19)7-11(16(24)25)15(13)26-9(4)23;/h10-15H,5-7H2,1-4H3,(H,20,22)(H,24,25)(H4,18,19,21);1H/t11-,12+,13+,14-,15+;/m0./s1. The predicted molar refractivity (Wildman–Crippen MR) is 103 cm³/mol. The predicted octanol–water partition coefficient (Wildman–Crippen LogP) is 0.644. The fourth-order valence-corrected chi connectivity index (χ4v) is 3.97. The topological polar surface area (TPSA) is 157 Å². The summed E-state index contributed by atoms with van der Waals surface area (Å²) in [4.78, 5) is 39.3. The van der Waals surface area contributed by atoms with E-state index in [1.165, 1.54) is 13.8 Å². The van der Waals surface area contributed by atoms with Crippen LogP contribution in [0.4, 0.5) is 0 Å². The van der Waals surface area contributed by atoms with E-state index >= 15 is 0 Å². The van der Waals surface area contributed by atoms with Crippen LogP contribution < -0.4 is 16.8 Å². The average Bonchev–Trinajstić information content (AvgIpc) is 2.83. The van der Waals surface area contributed by atoms with Crippen LogP contribution in [-0.4, -0.2) is 47.1 Å². The van der Waals surface area contributed by atoms with Crippen LogP contribution in [-0.2, 0) is 19.1 Å². The number of guanidine groups is 1. The smallest absolute Gasteiger partial charge is 0.310 e. The van der Waals surface area contributed by atoms with Gasteiger partial charge >= 0.3 is 11.9 Å². The summed E-state index contributed by atoms with van der Waals surface area (Å²) < 4.78 is 5.39. The molecule has 5 atom stereocenters. The Morgan fingerprint density at radius 1 is 1.22 bits per heavy atom. The molecule has 0 aliphatic heterocycles. The molecule has 9 nitrogen and oxygen atoms in total. The summed E-state index contributed by atoms with van der Waals surface area (Å²) in [6.07, 6.45) is 0.732. The number of carbonyl (C=O) groups is 3. The molecule has 1 rings (SSSR count). The van der Waals surface area contributed by atoms with Gasteiger partial charge < -0.3 is 26.6 Å². The molecule has 0 aromatic heterocycles. The molecule has 10 heteroatoms. The van der Waals surface area contributed by atoms with Crippen molar-refractivity contribution in [3.05, 3.63) is 0 Å². The second-order valence-electron chi connectivity index (χ2n) is 6.76. The number of ether oxygens (including phenoxy) is 1. The lowest BCUT2D eigenvalue weighted by molar-refractivity contribution is -0.158. The second-order valence-corrected chi connectivity index (χ2v) is 6.76. The molecule has 1 aliphatic carbocycles. The number of nitrogens with two attached hydrogens (primary N) is 2. The summed E-state index contributed by atoms with van der Waals surface area (Å²) in [5, 5.41) is 12.5. The van der Waals surface area contributed by atoms with Crippen LogP contribution in [0, 0.1) is 17.8 Å². The van der Waals surface area contributed by atoms with Gasteiger partial charge in [0.25, 0.3) is 0 Å². The Morgan fingerprint density at radius 3 is 2.15 bits per heavy atom. The third-order valence-electron chi connectivity index (χ3n) is 4.99. The number of esters is 1. The number of carboxylic acid groups (broad SMARTS) is 1. The highest BCUT2D eigenvalue weighted by atomic mass is 35.5. The van der Waals surface area contributed by atoms with E-state index in [2.05, 4.69) is 10.3 Å². The zero-order valence-corrected chi connectivity index (χ0v) is 17.0. The second kappa shape index (κ2) is 11.0. The van der Waals surface area contributed by atoms with Gasteiger partial charge in [-0.3, -0.25) is 14.4 Å². The number of rotatable bonds is 8. The summed E-state index contributed by atoms with van der Waals surface area (Å²) in [6.45, 7) is 6.61. The van der Waals surface area contributed by atoms with Crippen molar-refractivity contribution in [2.45, 2.75) is 65.1 Å². The fraction of sp³-hybridized carbons (Fsp3) is 0.765. The van der Waals surface area contributed by atoms with Crippen molar-refractivity contribution in [1.82, 2.24) is 5.32 Å². The molecule has 1 amide bonds. The van der Waals surface area contributed by atoms with Crippen molar-refractivity contribution in [3.63, 3.8) is 0 Å². The summed E-state index contributed by atoms with van der Waals surface area (Å²) in [5.74, 6) is -3.49. The molecule has 0 radical (unpaired) electrons. The largest absolute Gasteiger partial charge is 0.481 e. The van der Waals surface area contributed by atoms with Gasteiger partial charge in [0.15, 0.2) is 5.96 Å². The number of nitrogens with zero attached hydrogens (tertiary/aromatic N) is 1. The van der Waals surface area contributed by atoms with Gasteiger partial charge in [0.05, 0.1) is 12.0 Å². The maximum atomic E-state index is 11.8. The van der Waals surface area contributed by atoms with Gasteiger partial charge in [-0.2, -0.15) is 0 Å². The van der Waals surface area contributed by atoms with E-state index in [1.54, 1.807) is 0 Å². The molecule has 1 aliphatic rings. The maximum Gasteiger partial charge on any atom is 0.310 e. The van der Waals surface area contributed by atoms with E-state index < -0.39 is 42.0 Å². The normalized spacial score (nSPS) is 25.2. The molecule has 156 valence electrons.